The van der Waals surface area contributed by atoms with Crippen LogP contribution in [0.2, 0.25) is 0 Å². The average molecular weight is 354 g/mol. The van der Waals surface area contributed by atoms with Crippen molar-refractivity contribution in [1.29, 1.82) is 0 Å². The van der Waals surface area contributed by atoms with Gasteiger partial charge in [0.2, 0.25) is 0 Å². The van der Waals surface area contributed by atoms with E-state index in [1.165, 1.54) is 0 Å². The standard InChI is InChI=1S/C19H26N6O/c1-23(2)8-7-22-19(26)16-13-17(15-20-14-16)24-9-11-25(12-10-24)18-5-3-4-6-21-18/h3-6,13-15H,7-12H2,1-2H3,(H,22,26). The first kappa shape index (κ1) is 18.1. The Bertz CT molecular complexity index is 713. The van der Waals surface area contributed by atoms with E-state index < -0.39 is 0 Å². The molecule has 1 amide bonds. The fraction of sp³-hybridized carbons (Fsp3) is 0.421. The lowest BCUT2D eigenvalue weighted by Crippen LogP contribution is -2.47. The summed E-state index contributed by atoms with van der Waals surface area (Å²) in [6.45, 7) is 4.99. The molecule has 0 saturated carbocycles. The fourth-order valence-electron chi connectivity index (χ4n) is 2.95. The van der Waals surface area contributed by atoms with Crippen LogP contribution in [0.25, 0.3) is 0 Å². The zero-order chi connectivity index (χ0) is 18.4. The molecule has 0 unspecified atom stereocenters. The van der Waals surface area contributed by atoms with Gasteiger partial charge in [0.25, 0.3) is 5.91 Å². The molecule has 138 valence electrons. The molecule has 1 aliphatic rings. The monoisotopic (exact) mass is 354 g/mol. The number of anilines is 2. The maximum Gasteiger partial charge on any atom is 0.252 e. The summed E-state index contributed by atoms with van der Waals surface area (Å²) in [4.78, 5) is 27.6. The third-order valence-corrected chi connectivity index (χ3v) is 4.45. The predicted molar refractivity (Wildman–Crippen MR) is 104 cm³/mol. The number of hydrogen-bond acceptors (Lipinski definition) is 6. The van der Waals surface area contributed by atoms with Gasteiger partial charge in [0.1, 0.15) is 5.82 Å². The maximum atomic E-state index is 12.3. The van der Waals surface area contributed by atoms with Gasteiger partial charge in [-0.1, -0.05) is 6.07 Å². The number of piperazine rings is 1. The SMILES string of the molecule is CN(C)CCNC(=O)c1cncc(N2CCN(c3ccccn3)CC2)c1. The van der Waals surface area contributed by atoms with Crippen LogP contribution < -0.4 is 15.1 Å². The Hall–Kier alpha value is -2.67. The van der Waals surface area contributed by atoms with Crippen LogP contribution in [0.3, 0.4) is 0 Å². The van der Waals surface area contributed by atoms with Gasteiger partial charge in [0.05, 0.1) is 17.4 Å². The van der Waals surface area contributed by atoms with Crippen molar-refractivity contribution in [3.8, 4) is 0 Å². The van der Waals surface area contributed by atoms with Gasteiger partial charge in [-0.05, 0) is 32.3 Å². The molecule has 3 rings (SSSR count). The smallest absolute Gasteiger partial charge is 0.252 e. The molecular formula is C19H26N6O. The van der Waals surface area contributed by atoms with Crippen LogP contribution in [0, 0.1) is 0 Å². The summed E-state index contributed by atoms with van der Waals surface area (Å²) in [5, 5.41) is 2.93. The van der Waals surface area contributed by atoms with E-state index in [0.717, 1.165) is 44.2 Å². The van der Waals surface area contributed by atoms with Crippen LogP contribution in [0.5, 0.6) is 0 Å². The van der Waals surface area contributed by atoms with Crippen molar-refractivity contribution < 1.29 is 4.79 Å². The van der Waals surface area contributed by atoms with E-state index >= 15 is 0 Å². The Labute approximate surface area is 154 Å². The topological polar surface area (TPSA) is 64.6 Å². The van der Waals surface area contributed by atoms with Gasteiger partial charge in [-0.25, -0.2) is 4.98 Å². The van der Waals surface area contributed by atoms with Crippen LogP contribution in [0.15, 0.2) is 42.9 Å². The highest BCUT2D eigenvalue weighted by Gasteiger charge is 2.19. The summed E-state index contributed by atoms with van der Waals surface area (Å²) in [6.07, 6.45) is 5.27. The summed E-state index contributed by atoms with van der Waals surface area (Å²) >= 11 is 0. The zero-order valence-corrected chi connectivity index (χ0v) is 15.4. The van der Waals surface area contributed by atoms with E-state index in [2.05, 4.69) is 25.1 Å². The molecule has 7 nitrogen and oxygen atoms in total. The van der Waals surface area contributed by atoms with Crippen LogP contribution in [-0.4, -0.2) is 74.1 Å². The number of pyridine rings is 2. The second-order valence-corrected chi connectivity index (χ2v) is 6.65. The van der Waals surface area contributed by atoms with Crippen molar-refractivity contribution in [2.24, 2.45) is 0 Å². The van der Waals surface area contributed by atoms with Crippen molar-refractivity contribution in [2.75, 3.05) is 63.2 Å². The van der Waals surface area contributed by atoms with E-state index in [-0.39, 0.29) is 5.91 Å². The molecule has 0 bridgehead atoms. The normalized spacial score (nSPS) is 14.6. The number of nitrogens with zero attached hydrogens (tertiary/aromatic N) is 5. The van der Waals surface area contributed by atoms with E-state index in [1.54, 1.807) is 6.20 Å². The highest BCUT2D eigenvalue weighted by molar-refractivity contribution is 5.94. The molecule has 1 fully saturated rings. The number of rotatable bonds is 6. The molecule has 0 aromatic carbocycles. The molecule has 1 N–H and O–H groups in total. The van der Waals surface area contributed by atoms with Gasteiger partial charge in [-0.15, -0.1) is 0 Å². The molecule has 26 heavy (non-hydrogen) atoms. The summed E-state index contributed by atoms with van der Waals surface area (Å²) in [5.41, 5.74) is 1.60. The number of amides is 1. The molecule has 2 aromatic rings. The quantitative estimate of drug-likeness (QED) is 0.838. The van der Waals surface area contributed by atoms with E-state index in [1.807, 2.05) is 55.7 Å². The molecule has 0 atom stereocenters. The van der Waals surface area contributed by atoms with Crippen molar-refractivity contribution in [3.63, 3.8) is 0 Å². The summed E-state index contributed by atoms with van der Waals surface area (Å²) in [5.74, 6) is 0.938. The Morgan fingerprint density at radius 3 is 2.62 bits per heavy atom. The Kier molecular flexibility index (Phi) is 6.01. The Morgan fingerprint density at radius 1 is 1.15 bits per heavy atom. The predicted octanol–water partition coefficient (Wildman–Crippen LogP) is 1.09. The number of nitrogens with one attached hydrogen (secondary N) is 1. The van der Waals surface area contributed by atoms with Crippen LogP contribution in [0.4, 0.5) is 11.5 Å². The Morgan fingerprint density at radius 2 is 1.92 bits per heavy atom. The van der Waals surface area contributed by atoms with Crippen molar-refractivity contribution in [2.45, 2.75) is 0 Å². The first-order valence-corrected chi connectivity index (χ1v) is 8.92. The molecular weight excluding hydrogens is 328 g/mol. The molecule has 3 heterocycles. The highest BCUT2D eigenvalue weighted by Crippen LogP contribution is 2.19. The zero-order valence-electron chi connectivity index (χ0n) is 15.4. The van der Waals surface area contributed by atoms with E-state index in [0.29, 0.717) is 12.1 Å². The lowest BCUT2D eigenvalue weighted by molar-refractivity contribution is 0.0950. The molecule has 7 heteroatoms. The lowest BCUT2D eigenvalue weighted by atomic mass is 10.2. The minimum absolute atomic E-state index is 0.0756. The minimum atomic E-state index is -0.0756. The fourth-order valence-corrected chi connectivity index (χ4v) is 2.95. The van der Waals surface area contributed by atoms with Gasteiger partial charge < -0.3 is 20.0 Å². The maximum absolute atomic E-state index is 12.3. The van der Waals surface area contributed by atoms with Crippen LogP contribution in [-0.2, 0) is 0 Å². The average Bonchev–Trinajstić information content (AvgIpc) is 2.68. The molecule has 2 aromatic heterocycles. The summed E-state index contributed by atoms with van der Waals surface area (Å²) < 4.78 is 0. The summed E-state index contributed by atoms with van der Waals surface area (Å²) in [6, 6.07) is 7.90. The van der Waals surface area contributed by atoms with Crippen molar-refractivity contribution in [3.05, 3.63) is 48.4 Å². The second kappa shape index (κ2) is 8.62. The third-order valence-electron chi connectivity index (χ3n) is 4.45. The van der Waals surface area contributed by atoms with E-state index in [4.69, 9.17) is 0 Å². The van der Waals surface area contributed by atoms with Crippen LogP contribution >= 0.6 is 0 Å². The third kappa shape index (κ3) is 4.70. The van der Waals surface area contributed by atoms with Gasteiger partial charge in [0, 0.05) is 51.7 Å². The van der Waals surface area contributed by atoms with Gasteiger partial charge >= 0.3 is 0 Å². The number of carbonyl (C=O) groups is 1. The second-order valence-electron chi connectivity index (χ2n) is 6.65. The van der Waals surface area contributed by atoms with Gasteiger partial charge in [0.15, 0.2) is 0 Å². The molecule has 0 aliphatic carbocycles. The van der Waals surface area contributed by atoms with Crippen LogP contribution in [0.1, 0.15) is 10.4 Å². The highest BCUT2D eigenvalue weighted by atomic mass is 16.1. The van der Waals surface area contributed by atoms with Gasteiger partial charge in [-0.2, -0.15) is 0 Å². The number of likely N-dealkylation sites (N-methyl/N-ethyl adjacent to an activating group) is 1. The first-order chi connectivity index (χ1) is 12.6. The molecule has 0 radical (unpaired) electrons. The molecule has 1 saturated heterocycles. The summed E-state index contributed by atoms with van der Waals surface area (Å²) in [7, 11) is 3.97. The largest absolute Gasteiger partial charge is 0.367 e. The first-order valence-electron chi connectivity index (χ1n) is 8.92. The number of hydrogen-bond donors (Lipinski definition) is 1. The Balaban J connectivity index is 1.58. The number of aromatic nitrogens is 2. The van der Waals surface area contributed by atoms with Crippen molar-refractivity contribution in [1.82, 2.24) is 20.2 Å². The van der Waals surface area contributed by atoms with Gasteiger partial charge in [-0.3, -0.25) is 9.78 Å². The minimum Gasteiger partial charge on any atom is -0.367 e. The molecule has 0 spiro atoms. The van der Waals surface area contributed by atoms with E-state index in [9.17, 15) is 4.79 Å². The molecule has 1 aliphatic heterocycles. The lowest BCUT2D eigenvalue weighted by Gasteiger charge is -2.36. The number of carbonyl (C=O) groups excluding carboxylic acids is 1. The van der Waals surface area contributed by atoms with Crippen molar-refractivity contribution >= 4 is 17.4 Å².